The zero-order valence-electron chi connectivity index (χ0n) is 7.58. The Morgan fingerprint density at radius 1 is 1.25 bits per heavy atom. The van der Waals surface area contributed by atoms with Crippen LogP contribution in [0.25, 0.3) is 5.76 Å². The molecule has 1 nitrogen and oxygen atoms in total. The van der Waals surface area contributed by atoms with Crippen LogP contribution in [0.2, 0.25) is 13.1 Å². The molecule has 0 aliphatic carbocycles. The second kappa shape index (κ2) is 4.12. The van der Waals surface area contributed by atoms with E-state index in [1.54, 1.807) is 0 Å². The van der Waals surface area contributed by atoms with Crippen molar-refractivity contribution in [2.45, 2.75) is 13.1 Å². The lowest BCUT2D eigenvalue weighted by molar-refractivity contribution is 0.539. The first-order chi connectivity index (χ1) is 5.70. The van der Waals surface area contributed by atoms with Gasteiger partial charge in [0.1, 0.15) is 5.76 Å². The quantitative estimate of drug-likeness (QED) is 0.511. The van der Waals surface area contributed by atoms with E-state index in [0.717, 1.165) is 11.3 Å². The maximum absolute atomic E-state index is 5.58. The van der Waals surface area contributed by atoms with Crippen LogP contribution in [0.5, 0.6) is 0 Å². The molecule has 0 aliphatic rings. The van der Waals surface area contributed by atoms with Crippen molar-refractivity contribution in [3.05, 3.63) is 42.5 Å². The van der Waals surface area contributed by atoms with Crippen molar-refractivity contribution < 1.29 is 4.43 Å². The fraction of sp³-hybridized carbons (Fsp3) is 0.200. The topological polar surface area (TPSA) is 9.23 Å². The average molecular weight is 178 g/mol. The maximum Gasteiger partial charge on any atom is 0.229 e. The SMILES string of the molecule is C=C(O[SiH](C)C)c1ccccc1. The molecule has 0 radical (unpaired) electrons. The Bertz CT molecular complexity index is 254. The summed E-state index contributed by atoms with van der Waals surface area (Å²) in [4.78, 5) is 0. The predicted octanol–water partition coefficient (Wildman–Crippen LogP) is 2.66. The Kier molecular flexibility index (Phi) is 3.11. The molecular formula is C10H14OSi. The molecule has 0 saturated carbocycles. The minimum absolute atomic E-state index is 0.803. The van der Waals surface area contributed by atoms with E-state index in [2.05, 4.69) is 19.7 Å². The summed E-state index contributed by atoms with van der Waals surface area (Å²) in [6, 6.07) is 10.00. The Morgan fingerprint density at radius 2 is 1.83 bits per heavy atom. The fourth-order valence-electron chi connectivity index (χ4n) is 0.977. The average Bonchev–Trinajstić information content (AvgIpc) is 2.05. The van der Waals surface area contributed by atoms with Crippen LogP contribution >= 0.6 is 0 Å². The lowest BCUT2D eigenvalue weighted by atomic mass is 10.2. The summed E-state index contributed by atoms with van der Waals surface area (Å²) in [6.45, 7) is 8.14. The number of rotatable bonds is 3. The van der Waals surface area contributed by atoms with Gasteiger partial charge in [-0.1, -0.05) is 36.9 Å². The summed E-state index contributed by atoms with van der Waals surface area (Å²) in [5, 5.41) is 0. The van der Waals surface area contributed by atoms with E-state index in [4.69, 9.17) is 4.43 Å². The summed E-state index contributed by atoms with van der Waals surface area (Å²) in [6.07, 6.45) is 0. The molecule has 1 aromatic carbocycles. The highest BCUT2D eigenvalue weighted by molar-refractivity contribution is 6.49. The molecule has 2 heteroatoms. The van der Waals surface area contributed by atoms with Crippen molar-refractivity contribution in [1.29, 1.82) is 0 Å². The van der Waals surface area contributed by atoms with Gasteiger partial charge in [-0.05, 0) is 13.1 Å². The highest BCUT2D eigenvalue weighted by Crippen LogP contribution is 2.13. The van der Waals surface area contributed by atoms with Gasteiger partial charge in [0.25, 0.3) is 0 Å². The largest absolute Gasteiger partial charge is 0.547 e. The molecule has 0 saturated heterocycles. The number of hydrogen-bond acceptors (Lipinski definition) is 1. The van der Waals surface area contributed by atoms with Gasteiger partial charge in [-0.3, -0.25) is 0 Å². The summed E-state index contributed by atoms with van der Waals surface area (Å²) < 4.78 is 5.58. The van der Waals surface area contributed by atoms with Crippen LogP contribution in [-0.4, -0.2) is 9.04 Å². The first-order valence-electron chi connectivity index (χ1n) is 4.11. The zero-order chi connectivity index (χ0) is 8.97. The number of hydrogen-bond donors (Lipinski definition) is 0. The minimum Gasteiger partial charge on any atom is -0.547 e. The van der Waals surface area contributed by atoms with E-state index in [0.29, 0.717) is 0 Å². The fourth-order valence-corrected chi connectivity index (χ4v) is 1.68. The molecule has 0 unspecified atom stereocenters. The second-order valence-corrected chi connectivity index (χ2v) is 5.29. The molecule has 64 valence electrons. The van der Waals surface area contributed by atoms with Crippen molar-refractivity contribution >= 4 is 14.8 Å². The van der Waals surface area contributed by atoms with E-state index in [1.807, 2.05) is 30.3 Å². The summed E-state index contributed by atoms with van der Waals surface area (Å²) in [5.41, 5.74) is 1.08. The molecule has 0 atom stereocenters. The Labute approximate surface area is 75.4 Å². The normalized spacial score (nSPS) is 9.92. The Balaban J connectivity index is 2.66. The molecule has 0 bridgehead atoms. The summed E-state index contributed by atoms with van der Waals surface area (Å²) >= 11 is 0. The molecule has 0 aliphatic heterocycles. The summed E-state index contributed by atoms with van der Waals surface area (Å²) in [5.74, 6) is 0.803. The Hall–Kier alpha value is -1.02. The molecule has 12 heavy (non-hydrogen) atoms. The maximum atomic E-state index is 5.58. The first-order valence-corrected chi connectivity index (χ1v) is 6.89. The predicted molar refractivity (Wildman–Crippen MR) is 55.4 cm³/mol. The van der Waals surface area contributed by atoms with Crippen LogP contribution in [0.3, 0.4) is 0 Å². The molecular weight excluding hydrogens is 164 g/mol. The van der Waals surface area contributed by atoms with Crippen LogP contribution in [-0.2, 0) is 4.43 Å². The van der Waals surface area contributed by atoms with Gasteiger partial charge < -0.3 is 4.43 Å². The van der Waals surface area contributed by atoms with Gasteiger partial charge in [0.05, 0.1) is 0 Å². The van der Waals surface area contributed by atoms with Gasteiger partial charge in [0.2, 0.25) is 9.04 Å². The molecule has 0 spiro atoms. The van der Waals surface area contributed by atoms with Crippen molar-refractivity contribution in [2.24, 2.45) is 0 Å². The van der Waals surface area contributed by atoms with E-state index >= 15 is 0 Å². The smallest absolute Gasteiger partial charge is 0.229 e. The molecule has 1 rings (SSSR count). The van der Waals surface area contributed by atoms with Crippen LogP contribution in [0.1, 0.15) is 5.56 Å². The molecule has 0 fully saturated rings. The molecule has 0 heterocycles. The minimum atomic E-state index is -0.998. The van der Waals surface area contributed by atoms with Crippen LogP contribution < -0.4 is 0 Å². The Morgan fingerprint density at radius 3 is 2.33 bits per heavy atom. The van der Waals surface area contributed by atoms with E-state index in [9.17, 15) is 0 Å². The third kappa shape index (κ3) is 2.55. The monoisotopic (exact) mass is 178 g/mol. The van der Waals surface area contributed by atoms with Crippen LogP contribution in [0.4, 0.5) is 0 Å². The van der Waals surface area contributed by atoms with Gasteiger partial charge in [-0.25, -0.2) is 0 Å². The van der Waals surface area contributed by atoms with Crippen molar-refractivity contribution in [3.8, 4) is 0 Å². The van der Waals surface area contributed by atoms with Gasteiger partial charge in [0.15, 0.2) is 0 Å². The first kappa shape index (κ1) is 9.07. The molecule has 0 N–H and O–H groups in total. The van der Waals surface area contributed by atoms with E-state index < -0.39 is 9.04 Å². The van der Waals surface area contributed by atoms with Crippen molar-refractivity contribution in [3.63, 3.8) is 0 Å². The molecule has 0 amide bonds. The van der Waals surface area contributed by atoms with Gasteiger partial charge in [-0.2, -0.15) is 0 Å². The van der Waals surface area contributed by atoms with Gasteiger partial charge >= 0.3 is 0 Å². The van der Waals surface area contributed by atoms with E-state index in [1.165, 1.54) is 0 Å². The number of benzene rings is 1. The van der Waals surface area contributed by atoms with Gasteiger partial charge in [-0.15, -0.1) is 0 Å². The van der Waals surface area contributed by atoms with Gasteiger partial charge in [0, 0.05) is 5.56 Å². The third-order valence-corrected chi connectivity index (χ3v) is 2.23. The highest BCUT2D eigenvalue weighted by Gasteiger charge is 2.01. The zero-order valence-corrected chi connectivity index (χ0v) is 8.73. The molecule has 1 aromatic rings. The standard InChI is InChI=1S/C10H14OSi/c1-9(11-12(2)3)10-7-5-4-6-8-10/h4-8,12H,1H2,2-3H3. The van der Waals surface area contributed by atoms with Crippen LogP contribution in [0.15, 0.2) is 36.9 Å². The summed E-state index contributed by atoms with van der Waals surface area (Å²) in [7, 11) is -0.998. The molecule has 0 aromatic heterocycles. The van der Waals surface area contributed by atoms with Crippen LogP contribution in [0, 0.1) is 0 Å². The van der Waals surface area contributed by atoms with Crippen molar-refractivity contribution in [1.82, 2.24) is 0 Å². The van der Waals surface area contributed by atoms with E-state index in [-0.39, 0.29) is 0 Å². The van der Waals surface area contributed by atoms with Crippen molar-refractivity contribution in [2.75, 3.05) is 0 Å². The second-order valence-electron chi connectivity index (χ2n) is 2.96. The third-order valence-electron chi connectivity index (χ3n) is 1.47. The highest BCUT2D eigenvalue weighted by atomic mass is 28.3. The lowest BCUT2D eigenvalue weighted by Gasteiger charge is -2.11. The lowest BCUT2D eigenvalue weighted by Crippen LogP contribution is -2.05.